The highest BCUT2D eigenvalue weighted by Crippen LogP contribution is 2.19. The summed E-state index contributed by atoms with van der Waals surface area (Å²) in [5.41, 5.74) is 1.89. The first kappa shape index (κ1) is 20.3. The number of ketones is 1. The lowest BCUT2D eigenvalue weighted by atomic mass is 10.1. The fraction of sp³-hybridized carbons (Fsp3) is 0.286. The van der Waals surface area contributed by atoms with Crippen molar-refractivity contribution < 1.29 is 23.3 Å². The first-order valence-corrected chi connectivity index (χ1v) is 9.76. The van der Waals surface area contributed by atoms with Crippen LogP contribution in [0, 0.1) is 6.92 Å². The maximum Gasteiger partial charge on any atom is 0.302 e. The molecule has 3 heterocycles. The molecule has 0 spiro atoms. The monoisotopic (exact) mass is 423 g/mol. The molecule has 2 aromatic heterocycles. The highest BCUT2D eigenvalue weighted by atomic mass is 16.5. The van der Waals surface area contributed by atoms with Crippen molar-refractivity contribution >= 4 is 29.3 Å². The van der Waals surface area contributed by atoms with Gasteiger partial charge in [-0.2, -0.15) is 4.98 Å². The average molecular weight is 423 g/mol. The number of hydrogen-bond acceptors (Lipinski definition) is 8. The normalized spacial score (nSPS) is 13.9. The van der Waals surface area contributed by atoms with E-state index in [1.165, 1.54) is 19.3 Å². The number of carbonyl (C=O) groups excluding carboxylic acids is 3. The largest absolute Gasteiger partial charge is 0.431 e. The van der Waals surface area contributed by atoms with Gasteiger partial charge in [0, 0.05) is 43.5 Å². The fourth-order valence-corrected chi connectivity index (χ4v) is 3.30. The Hall–Kier alpha value is -3.95. The molecule has 10 heteroatoms. The lowest BCUT2D eigenvalue weighted by Gasteiger charge is -2.35. The van der Waals surface area contributed by atoms with Crippen molar-refractivity contribution in [2.75, 3.05) is 36.4 Å². The fourth-order valence-electron chi connectivity index (χ4n) is 3.30. The van der Waals surface area contributed by atoms with Crippen LogP contribution in [-0.4, -0.2) is 58.8 Å². The molecule has 1 fully saturated rings. The standard InChI is InChI=1S/C21H21N5O5/c1-13-11-17(24-31-13)19(28)23-21-22-18(12-30-21)20(29)26-9-7-25(8-10-26)16-5-3-15(4-6-16)14(2)27/h3-6,11-12H,7-10H2,1-2H3,(H,22,23,28). The zero-order valence-electron chi connectivity index (χ0n) is 17.1. The van der Waals surface area contributed by atoms with Gasteiger partial charge in [-0.3, -0.25) is 19.7 Å². The quantitative estimate of drug-likeness (QED) is 0.621. The van der Waals surface area contributed by atoms with Crippen molar-refractivity contribution in [3.05, 3.63) is 59.3 Å². The van der Waals surface area contributed by atoms with E-state index < -0.39 is 5.91 Å². The molecule has 1 aliphatic heterocycles. The Morgan fingerprint density at radius 2 is 1.74 bits per heavy atom. The minimum atomic E-state index is -0.540. The van der Waals surface area contributed by atoms with Gasteiger partial charge in [-0.05, 0) is 38.1 Å². The minimum Gasteiger partial charge on any atom is -0.431 e. The molecule has 0 aliphatic carbocycles. The molecule has 0 bridgehead atoms. The second-order valence-electron chi connectivity index (χ2n) is 7.20. The van der Waals surface area contributed by atoms with Crippen molar-refractivity contribution in [1.29, 1.82) is 0 Å². The number of piperazine rings is 1. The van der Waals surface area contributed by atoms with E-state index in [-0.39, 0.29) is 29.1 Å². The third-order valence-electron chi connectivity index (χ3n) is 5.01. The molecule has 4 rings (SSSR count). The molecule has 3 aromatic rings. The lowest BCUT2D eigenvalue weighted by molar-refractivity contribution is 0.0740. The van der Waals surface area contributed by atoms with Crippen molar-refractivity contribution in [2.45, 2.75) is 13.8 Å². The van der Waals surface area contributed by atoms with Crippen molar-refractivity contribution in [3.8, 4) is 0 Å². The maximum absolute atomic E-state index is 12.7. The van der Waals surface area contributed by atoms with Crippen LogP contribution in [0.5, 0.6) is 0 Å². The number of anilines is 2. The Balaban J connectivity index is 1.33. The first-order chi connectivity index (χ1) is 14.9. The zero-order chi connectivity index (χ0) is 22.0. The van der Waals surface area contributed by atoms with Crippen LogP contribution in [0.1, 0.15) is 44.0 Å². The smallest absolute Gasteiger partial charge is 0.302 e. The Morgan fingerprint density at radius 3 is 2.35 bits per heavy atom. The second kappa shape index (κ2) is 8.42. The minimum absolute atomic E-state index is 0.0290. The van der Waals surface area contributed by atoms with Crippen LogP contribution in [0.3, 0.4) is 0 Å². The average Bonchev–Trinajstić information content (AvgIpc) is 3.42. The predicted octanol–water partition coefficient (Wildman–Crippen LogP) is 2.39. The number of nitrogens with zero attached hydrogens (tertiary/aromatic N) is 4. The summed E-state index contributed by atoms with van der Waals surface area (Å²) in [5, 5.41) is 6.07. The Morgan fingerprint density at radius 1 is 1.03 bits per heavy atom. The van der Waals surface area contributed by atoms with Crippen LogP contribution < -0.4 is 10.2 Å². The van der Waals surface area contributed by atoms with Gasteiger partial charge in [-0.25, -0.2) is 0 Å². The number of oxazole rings is 1. The maximum atomic E-state index is 12.7. The summed E-state index contributed by atoms with van der Waals surface area (Å²) in [6.07, 6.45) is 1.22. The molecular weight excluding hydrogens is 402 g/mol. The van der Waals surface area contributed by atoms with Gasteiger partial charge in [-0.15, -0.1) is 0 Å². The van der Waals surface area contributed by atoms with Crippen LogP contribution in [0.25, 0.3) is 0 Å². The van der Waals surface area contributed by atoms with Crippen LogP contribution in [0.15, 0.2) is 45.5 Å². The van der Waals surface area contributed by atoms with Crippen molar-refractivity contribution in [3.63, 3.8) is 0 Å². The van der Waals surface area contributed by atoms with Crippen LogP contribution >= 0.6 is 0 Å². The number of aromatic nitrogens is 2. The van der Waals surface area contributed by atoms with Crippen LogP contribution in [-0.2, 0) is 0 Å². The molecule has 0 unspecified atom stereocenters. The van der Waals surface area contributed by atoms with E-state index in [0.717, 1.165) is 5.69 Å². The van der Waals surface area contributed by atoms with E-state index in [9.17, 15) is 14.4 Å². The first-order valence-electron chi connectivity index (χ1n) is 9.76. The summed E-state index contributed by atoms with van der Waals surface area (Å²) >= 11 is 0. The topological polar surface area (TPSA) is 122 Å². The summed E-state index contributed by atoms with van der Waals surface area (Å²) in [5.74, 6) is -0.279. The number of benzene rings is 1. The second-order valence-corrected chi connectivity index (χ2v) is 7.20. The van der Waals surface area contributed by atoms with E-state index in [1.807, 2.05) is 12.1 Å². The highest BCUT2D eigenvalue weighted by Gasteiger charge is 2.25. The molecule has 1 aliphatic rings. The van der Waals surface area contributed by atoms with Crippen LogP contribution in [0.4, 0.5) is 11.7 Å². The number of carbonyl (C=O) groups is 3. The number of amides is 2. The Bertz CT molecular complexity index is 1110. The van der Waals surface area contributed by atoms with Gasteiger partial charge in [0.2, 0.25) is 0 Å². The molecule has 1 saturated heterocycles. The molecule has 0 atom stereocenters. The molecule has 10 nitrogen and oxygen atoms in total. The summed E-state index contributed by atoms with van der Waals surface area (Å²) in [6.45, 7) is 5.54. The van der Waals surface area contributed by atoms with Gasteiger partial charge < -0.3 is 18.7 Å². The summed E-state index contributed by atoms with van der Waals surface area (Å²) in [6, 6.07) is 8.84. The molecular formula is C21H21N5O5. The third-order valence-corrected chi connectivity index (χ3v) is 5.01. The highest BCUT2D eigenvalue weighted by molar-refractivity contribution is 6.02. The molecule has 0 saturated carbocycles. The van der Waals surface area contributed by atoms with Gasteiger partial charge in [-0.1, -0.05) is 5.16 Å². The molecule has 1 aromatic carbocycles. The van der Waals surface area contributed by atoms with Gasteiger partial charge in [0.25, 0.3) is 11.8 Å². The zero-order valence-corrected chi connectivity index (χ0v) is 17.1. The van der Waals surface area contributed by atoms with Crippen molar-refractivity contribution in [1.82, 2.24) is 15.0 Å². The Kier molecular flexibility index (Phi) is 5.52. The van der Waals surface area contributed by atoms with E-state index in [0.29, 0.717) is 37.5 Å². The van der Waals surface area contributed by atoms with Gasteiger partial charge in [0.1, 0.15) is 12.0 Å². The van der Waals surface area contributed by atoms with E-state index in [4.69, 9.17) is 8.94 Å². The summed E-state index contributed by atoms with van der Waals surface area (Å²) < 4.78 is 10.1. The van der Waals surface area contributed by atoms with Crippen LogP contribution in [0.2, 0.25) is 0 Å². The number of Topliss-reactive ketones (excluding diaryl/α,β-unsaturated/α-hetero) is 1. The SMILES string of the molecule is CC(=O)c1ccc(N2CCN(C(=O)c3coc(NC(=O)c4cc(C)on4)n3)CC2)cc1. The van der Waals surface area contributed by atoms with Gasteiger partial charge >= 0.3 is 6.01 Å². The Labute approximate surface area is 177 Å². The van der Waals surface area contributed by atoms with E-state index in [2.05, 4.69) is 20.4 Å². The molecule has 31 heavy (non-hydrogen) atoms. The summed E-state index contributed by atoms with van der Waals surface area (Å²) in [7, 11) is 0. The summed E-state index contributed by atoms with van der Waals surface area (Å²) in [4.78, 5) is 44.2. The molecule has 1 N–H and O–H groups in total. The number of rotatable bonds is 5. The lowest BCUT2D eigenvalue weighted by Crippen LogP contribution is -2.48. The number of aryl methyl sites for hydroxylation is 1. The molecule has 0 radical (unpaired) electrons. The van der Waals surface area contributed by atoms with E-state index >= 15 is 0 Å². The van der Waals surface area contributed by atoms with Gasteiger partial charge in [0.05, 0.1) is 0 Å². The van der Waals surface area contributed by atoms with E-state index in [1.54, 1.807) is 24.0 Å². The third kappa shape index (κ3) is 4.47. The van der Waals surface area contributed by atoms with Gasteiger partial charge in [0.15, 0.2) is 17.2 Å². The molecule has 160 valence electrons. The van der Waals surface area contributed by atoms with Crippen molar-refractivity contribution in [2.24, 2.45) is 0 Å². The predicted molar refractivity (Wildman–Crippen MR) is 110 cm³/mol. The number of hydrogen-bond donors (Lipinski definition) is 1. The number of nitrogens with one attached hydrogen (secondary N) is 1. The molecule has 2 amide bonds.